The van der Waals surface area contributed by atoms with Gasteiger partial charge < -0.3 is 14.5 Å². The number of hydrogen-bond donors (Lipinski definition) is 2. The number of nitrogens with zero attached hydrogens (tertiary/aromatic N) is 1. The molecule has 0 spiro atoms. The normalized spacial score (nSPS) is 11.3. The zero-order valence-corrected chi connectivity index (χ0v) is 18.4. The summed E-state index contributed by atoms with van der Waals surface area (Å²) in [6.07, 6.45) is 3.10. The molecule has 7 nitrogen and oxygen atoms in total. The summed E-state index contributed by atoms with van der Waals surface area (Å²) >= 11 is 0. The van der Waals surface area contributed by atoms with Gasteiger partial charge in [0.05, 0.1) is 19.0 Å². The van der Waals surface area contributed by atoms with Crippen LogP contribution in [0.25, 0.3) is 0 Å². The number of nitrogens with one attached hydrogen (secondary N) is 2. The topological polar surface area (TPSA) is 92.9 Å². The number of carbonyl (C=O) groups is 2. The molecule has 3 aromatic rings. The molecular formula is C25H27N3O4. The highest BCUT2D eigenvalue weighted by Gasteiger charge is 2.14. The third kappa shape index (κ3) is 6.84. The molecule has 0 atom stereocenters. The molecular weight excluding hydrogens is 406 g/mol. The van der Waals surface area contributed by atoms with Crippen molar-refractivity contribution in [2.75, 3.05) is 6.61 Å². The predicted molar refractivity (Wildman–Crippen MR) is 123 cm³/mol. The average Bonchev–Trinajstić information content (AvgIpc) is 3.30. The molecule has 0 fully saturated rings. The van der Waals surface area contributed by atoms with Crippen LogP contribution in [0, 0.1) is 0 Å². The minimum Gasteiger partial charge on any atom is -0.484 e. The predicted octanol–water partition coefficient (Wildman–Crippen LogP) is 4.04. The van der Waals surface area contributed by atoms with E-state index in [0.717, 1.165) is 11.1 Å². The fourth-order valence-electron chi connectivity index (χ4n) is 2.80. The first-order valence-corrected chi connectivity index (χ1v) is 10.3. The summed E-state index contributed by atoms with van der Waals surface area (Å²) in [5.74, 6) is 0.710. The Bertz CT molecular complexity index is 1050. The molecule has 2 amide bonds. The Kier molecular flexibility index (Phi) is 7.44. The van der Waals surface area contributed by atoms with Gasteiger partial charge >= 0.3 is 0 Å². The van der Waals surface area contributed by atoms with Gasteiger partial charge in [-0.05, 0) is 65.1 Å². The Balaban J connectivity index is 1.43. The van der Waals surface area contributed by atoms with Crippen molar-refractivity contribution in [1.29, 1.82) is 0 Å². The first-order chi connectivity index (χ1) is 15.3. The summed E-state index contributed by atoms with van der Waals surface area (Å²) in [5.41, 5.74) is 5.05. The smallest absolute Gasteiger partial charge is 0.271 e. The molecule has 1 heterocycles. The average molecular weight is 434 g/mol. The van der Waals surface area contributed by atoms with E-state index in [-0.39, 0.29) is 23.8 Å². The molecule has 32 heavy (non-hydrogen) atoms. The summed E-state index contributed by atoms with van der Waals surface area (Å²) in [6.45, 7) is 6.59. The van der Waals surface area contributed by atoms with Crippen molar-refractivity contribution >= 4 is 18.0 Å². The molecule has 166 valence electrons. The summed E-state index contributed by atoms with van der Waals surface area (Å²) < 4.78 is 10.6. The second-order valence-corrected chi connectivity index (χ2v) is 8.24. The fraction of sp³-hybridized carbons (Fsp3) is 0.240. The van der Waals surface area contributed by atoms with E-state index in [1.54, 1.807) is 61.0 Å². The highest BCUT2D eigenvalue weighted by atomic mass is 16.5. The van der Waals surface area contributed by atoms with Crippen molar-refractivity contribution in [1.82, 2.24) is 10.7 Å². The molecule has 2 N–H and O–H groups in total. The lowest BCUT2D eigenvalue weighted by atomic mass is 9.87. The maximum Gasteiger partial charge on any atom is 0.271 e. The van der Waals surface area contributed by atoms with Crippen molar-refractivity contribution in [3.8, 4) is 5.75 Å². The van der Waals surface area contributed by atoms with Crippen LogP contribution in [0.5, 0.6) is 5.75 Å². The van der Waals surface area contributed by atoms with Gasteiger partial charge in [-0.3, -0.25) is 9.59 Å². The summed E-state index contributed by atoms with van der Waals surface area (Å²) in [7, 11) is 0. The van der Waals surface area contributed by atoms with Crippen molar-refractivity contribution in [2.45, 2.75) is 32.7 Å². The number of hydrazone groups is 1. The van der Waals surface area contributed by atoms with Gasteiger partial charge in [0.1, 0.15) is 11.5 Å². The van der Waals surface area contributed by atoms with Crippen molar-refractivity contribution in [3.05, 3.63) is 89.4 Å². The van der Waals surface area contributed by atoms with Crippen LogP contribution >= 0.6 is 0 Å². The second-order valence-electron chi connectivity index (χ2n) is 8.24. The first kappa shape index (κ1) is 22.8. The van der Waals surface area contributed by atoms with Crippen molar-refractivity contribution in [2.24, 2.45) is 5.10 Å². The highest BCUT2D eigenvalue weighted by molar-refractivity contribution is 5.94. The SMILES string of the molecule is CC(C)(C)c1ccc(C(=O)N/N=C/c2ccc(OCC(=O)NCc3ccco3)cc2)cc1. The molecule has 0 radical (unpaired) electrons. The van der Waals surface area contributed by atoms with Gasteiger partial charge in [-0.2, -0.15) is 5.10 Å². The van der Waals surface area contributed by atoms with Gasteiger partial charge in [0.15, 0.2) is 6.61 Å². The highest BCUT2D eigenvalue weighted by Crippen LogP contribution is 2.22. The summed E-state index contributed by atoms with van der Waals surface area (Å²) in [4.78, 5) is 24.1. The van der Waals surface area contributed by atoms with E-state index < -0.39 is 0 Å². The third-order valence-corrected chi connectivity index (χ3v) is 4.68. The Morgan fingerprint density at radius 2 is 1.75 bits per heavy atom. The summed E-state index contributed by atoms with van der Waals surface area (Å²) in [6, 6.07) is 18.1. The Hall–Kier alpha value is -3.87. The van der Waals surface area contributed by atoms with Gasteiger partial charge in [-0.25, -0.2) is 5.43 Å². The van der Waals surface area contributed by atoms with Gasteiger partial charge in [0.2, 0.25) is 0 Å². The minimum atomic E-state index is -0.276. The lowest BCUT2D eigenvalue weighted by molar-refractivity contribution is -0.123. The maximum absolute atomic E-state index is 12.2. The van der Waals surface area contributed by atoms with Crippen LogP contribution in [-0.4, -0.2) is 24.6 Å². The van der Waals surface area contributed by atoms with Gasteiger partial charge in [0.25, 0.3) is 11.8 Å². The van der Waals surface area contributed by atoms with Crippen molar-refractivity contribution in [3.63, 3.8) is 0 Å². The van der Waals surface area contributed by atoms with Crippen LogP contribution in [0.15, 0.2) is 76.4 Å². The maximum atomic E-state index is 12.2. The first-order valence-electron chi connectivity index (χ1n) is 10.3. The number of furan rings is 1. The van der Waals surface area contributed by atoms with Crippen LogP contribution in [0.1, 0.15) is 48.0 Å². The number of carbonyl (C=O) groups excluding carboxylic acids is 2. The fourth-order valence-corrected chi connectivity index (χ4v) is 2.80. The van der Waals surface area contributed by atoms with E-state index in [4.69, 9.17) is 9.15 Å². The number of hydrogen-bond acceptors (Lipinski definition) is 5. The number of amides is 2. The van der Waals surface area contributed by atoms with E-state index in [2.05, 4.69) is 36.6 Å². The van der Waals surface area contributed by atoms with Crippen LogP contribution in [0.3, 0.4) is 0 Å². The van der Waals surface area contributed by atoms with E-state index >= 15 is 0 Å². The Morgan fingerprint density at radius 1 is 1.03 bits per heavy atom. The number of ether oxygens (including phenoxy) is 1. The third-order valence-electron chi connectivity index (χ3n) is 4.68. The van der Waals surface area contributed by atoms with Gasteiger partial charge in [0, 0.05) is 5.56 Å². The molecule has 0 aliphatic carbocycles. The number of rotatable bonds is 8. The van der Waals surface area contributed by atoms with Crippen molar-refractivity contribution < 1.29 is 18.7 Å². The molecule has 3 rings (SSSR count). The molecule has 0 unspecified atom stereocenters. The molecule has 1 aromatic heterocycles. The van der Waals surface area contributed by atoms with Crippen LogP contribution in [0.4, 0.5) is 0 Å². The zero-order chi connectivity index (χ0) is 23.0. The molecule has 0 aliphatic heterocycles. The van der Waals surface area contributed by atoms with Gasteiger partial charge in [-0.15, -0.1) is 0 Å². The minimum absolute atomic E-state index is 0.0345. The summed E-state index contributed by atoms with van der Waals surface area (Å²) in [5, 5.41) is 6.71. The molecule has 0 aliphatic rings. The Morgan fingerprint density at radius 3 is 2.38 bits per heavy atom. The molecule has 7 heteroatoms. The lowest BCUT2D eigenvalue weighted by Gasteiger charge is -2.18. The second kappa shape index (κ2) is 10.4. The van der Waals surface area contributed by atoms with E-state index in [1.165, 1.54) is 0 Å². The standard InChI is InChI=1S/C25H27N3O4/c1-25(2,3)20-10-8-19(9-11-20)24(30)28-27-15-18-6-12-21(13-7-18)32-17-23(29)26-16-22-5-4-14-31-22/h4-15H,16-17H2,1-3H3,(H,26,29)(H,28,30)/b27-15+. The zero-order valence-electron chi connectivity index (χ0n) is 18.4. The molecule has 0 bridgehead atoms. The van der Waals surface area contributed by atoms with E-state index in [0.29, 0.717) is 23.6 Å². The number of benzene rings is 2. The molecule has 0 saturated carbocycles. The Labute approximate surface area is 187 Å². The van der Waals surface area contributed by atoms with E-state index in [1.807, 2.05) is 12.1 Å². The quantitative estimate of drug-likeness (QED) is 0.414. The van der Waals surface area contributed by atoms with Gasteiger partial charge in [-0.1, -0.05) is 32.9 Å². The monoisotopic (exact) mass is 433 g/mol. The largest absolute Gasteiger partial charge is 0.484 e. The van der Waals surface area contributed by atoms with Crippen LogP contribution < -0.4 is 15.5 Å². The van der Waals surface area contributed by atoms with Crippen LogP contribution in [0.2, 0.25) is 0 Å². The molecule has 0 saturated heterocycles. The lowest BCUT2D eigenvalue weighted by Crippen LogP contribution is -2.28. The van der Waals surface area contributed by atoms with E-state index in [9.17, 15) is 9.59 Å². The molecule has 2 aromatic carbocycles. The van der Waals surface area contributed by atoms with Crippen LogP contribution in [-0.2, 0) is 16.8 Å².